The Morgan fingerprint density at radius 3 is 2.56 bits per heavy atom. The highest BCUT2D eigenvalue weighted by atomic mass is 14.7. The van der Waals surface area contributed by atoms with Crippen LogP contribution in [0, 0.1) is 25.2 Å². The summed E-state index contributed by atoms with van der Waals surface area (Å²) in [7, 11) is 0. The Morgan fingerprint density at radius 2 is 1.94 bits per heavy atom. The summed E-state index contributed by atoms with van der Waals surface area (Å²) in [6, 6.07) is 14.0. The zero-order valence-corrected chi connectivity index (χ0v) is 9.36. The van der Waals surface area contributed by atoms with E-state index in [0.717, 1.165) is 16.8 Å². The molecule has 2 heteroatoms. The number of benzene rings is 1. The lowest BCUT2D eigenvalue weighted by atomic mass is 10.0. The Hall–Kier alpha value is -2.14. The monoisotopic (exact) mass is 208 g/mol. The molecule has 0 saturated carbocycles. The van der Waals surface area contributed by atoms with E-state index < -0.39 is 0 Å². The van der Waals surface area contributed by atoms with Gasteiger partial charge < -0.3 is 0 Å². The molecule has 0 bridgehead atoms. The summed E-state index contributed by atoms with van der Waals surface area (Å²) in [6.07, 6.45) is 0. The fourth-order valence-corrected chi connectivity index (χ4v) is 1.74. The van der Waals surface area contributed by atoms with Gasteiger partial charge in [0, 0.05) is 11.3 Å². The molecule has 1 aromatic carbocycles. The van der Waals surface area contributed by atoms with E-state index in [-0.39, 0.29) is 0 Å². The first-order valence-corrected chi connectivity index (χ1v) is 5.15. The summed E-state index contributed by atoms with van der Waals surface area (Å²) in [5.74, 6) is 0. The first kappa shape index (κ1) is 10.4. The summed E-state index contributed by atoms with van der Waals surface area (Å²) in [6.45, 7) is 3.99. The van der Waals surface area contributed by atoms with Crippen LogP contribution < -0.4 is 0 Å². The van der Waals surface area contributed by atoms with Crippen molar-refractivity contribution in [3.05, 3.63) is 53.3 Å². The summed E-state index contributed by atoms with van der Waals surface area (Å²) < 4.78 is 0. The summed E-state index contributed by atoms with van der Waals surface area (Å²) in [5.41, 5.74) is 4.82. The van der Waals surface area contributed by atoms with Crippen LogP contribution in [0.4, 0.5) is 0 Å². The highest BCUT2D eigenvalue weighted by molar-refractivity contribution is 5.66. The molecule has 0 saturated heterocycles. The fourth-order valence-electron chi connectivity index (χ4n) is 1.74. The van der Waals surface area contributed by atoms with Crippen molar-refractivity contribution in [1.29, 1.82) is 5.26 Å². The van der Waals surface area contributed by atoms with Crippen LogP contribution in [0.3, 0.4) is 0 Å². The van der Waals surface area contributed by atoms with Crippen LogP contribution in [0.5, 0.6) is 0 Å². The van der Waals surface area contributed by atoms with Gasteiger partial charge in [-0.15, -0.1) is 0 Å². The van der Waals surface area contributed by atoms with Crippen molar-refractivity contribution in [2.24, 2.45) is 0 Å². The Balaban J connectivity index is 2.53. The number of aromatic nitrogens is 1. The SMILES string of the molecule is Cc1cccc(-c2ccc(C#N)nc2C)c1. The van der Waals surface area contributed by atoms with Gasteiger partial charge in [0.05, 0.1) is 0 Å². The van der Waals surface area contributed by atoms with Gasteiger partial charge >= 0.3 is 0 Å². The Bertz CT molecular complexity index is 565. The van der Waals surface area contributed by atoms with Gasteiger partial charge in [0.25, 0.3) is 0 Å². The molecular formula is C14H12N2. The highest BCUT2D eigenvalue weighted by Crippen LogP contribution is 2.22. The zero-order chi connectivity index (χ0) is 11.5. The van der Waals surface area contributed by atoms with Crippen LogP contribution in [0.15, 0.2) is 36.4 Å². The second kappa shape index (κ2) is 4.16. The lowest BCUT2D eigenvalue weighted by Crippen LogP contribution is -1.91. The molecule has 0 aliphatic carbocycles. The minimum Gasteiger partial charge on any atom is -0.242 e. The van der Waals surface area contributed by atoms with Crippen molar-refractivity contribution in [3.8, 4) is 17.2 Å². The maximum Gasteiger partial charge on any atom is 0.140 e. The van der Waals surface area contributed by atoms with E-state index in [4.69, 9.17) is 5.26 Å². The fraction of sp³-hybridized carbons (Fsp3) is 0.143. The molecule has 0 aliphatic rings. The van der Waals surface area contributed by atoms with Crippen molar-refractivity contribution < 1.29 is 0 Å². The van der Waals surface area contributed by atoms with Crippen molar-refractivity contribution in [1.82, 2.24) is 4.98 Å². The third-order valence-corrected chi connectivity index (χ3v) is 2.53. The topological polar surface area (TPSA) is 36.7 Å². The third kappa shape index (κ3) is 1.94. The minimum atomic E-state index is 0.467. The van der Waals surface area contributed by atoms with Gasteiger partial charge in [-0.05, 0) is 31.5 Å². The molecule has 0 aliphatic heterocycles. The minimum absolute atomic E-state index is 0.467. The first-order valence-electron chi connectivity index (χ1n) is 5.15. The average molecular weight is 208 g/mol. The van der Waals surface area contributed by atoms with Gasteiger partial charge in [0.2, 0.25) is 0 Å². The molecule has 2 aromatic rings. The second-order valence-electron chi connectivity index (χ2n) is 3.81. The van der Waals surface area contributed by atoms with Crippen molar-refractivity contribution in [2.45, 2.75) is 13.8 Å². The molecule has 2 rings (SSSR count). The van der Waals surface area contributed by atoms with E-state index in [9.17, 15) is 0 Å². The zero-order valence-electron chi connectivity index (χ0n) is 9.36. The Morgan fingerprint density at radius 1 is 1.12 bits per heavy atom. The van der Waals surface area contributed by atoms with Gasteiger partial charge in [0.1, 0.15) is 11.8 Å². The van der Waals surface area contributed by atoms with Crippen LogP contribution in [0.25, 0.3) is 11.1 Å². The van der Waals surface area contributed by atoms with E-state index >= 15 is 0 Å². The Labute approximate surface area is 95.2 Å². The molecule has 1 aromatic heterocycles. The lowest BCUT2D eigenvalue weighted by molar-refractivity contribution is 1.17. The number of nitriles is 1. The van der Waals surface area contributed by atoms with Gasteiger partial charge in [-0.2, -0.15) is 5.26 Å². The van der Waals surface area contributed by atoms with Gasteiger partial charge in [0.15, 0.2) is 0 Å². The predicted octanol–water partition coefficient (Wildman–Crippen LogP) is 3.24. The highest BCUT2D eigenvalue weighted by Gasteiger charge is 2.04. The lowest BCUT2D eigenvalue weighted by Gasteiger charge is -2.06. The molecule has 16 heavy (non-hydrogen) atoms. The molecule has 0 N–H and O–H groups in total. The molecule has 0 fully saturated rings. The summed E-state index contributed by atoms with van der Waals surface area (Å²) >= 11 is 0. The van der Waals surface area contributed by atoms with Crippen molar-refractivity contribution in [3.63, 3.8) is 0 Å². The maximum absolute atomic E-state index is 8.76. The molecular weight excluding hydrogens is 196 g/mol. The van der Waals surface area contributed by atoms with Crippen LogP contribution in [-0.2, 0) is 0 Å². The number of pyridine rings is 1. The van der Waals surface area contributed by atoms with E-state index in [1.54, 1.807) is 6.07 Å². The quantitative estimate of drug-likeness (QED) is 0.721. The molecule has 0 spiro atoms. The van der Waals surface area contributed by atoms with Crippen LogP contribution in [0.2, 0.25) is 0 Å². The predicted molar refractivity (Wildman–Crippen MR) is 63.9 cm³/mol. The number of hydrogen-bond donors (Lipinski definition) is 0. The number of hydrogen-bond acceptors (Lipinski definition) is 2. The van der Waals surface area contributed by atoms with E-state index in [2.05, 4.69) is 30.1 Å². The smallest absolute Gasteiger partial charge is 0.140 e. The van der Waals surface area contributed by atoms with Gasteiger partial charge in [-0.3, -0.25) is 0 Å². The van der Waals surface area contributed by atoms with Crippen LogP contribution in [-0.4, -0.2) is 4.98 Å². The van der Waals surface area contributed by atoms with Crippen LogP contribution >= 0.6 is 0 Å². The third-order valence-electron chi connectivity index (χ3n) is 2.53. The average Bonchev–Trinajstić information content (AvgIpc) is 2.28. The normalized spacial score (nSPS) is 9.81. The molecule has 0 amide bonds. The molecule has 2 nitrogen and oxygen atoms in total. The van der Waals surface area contributed by atoms with E-state index in [1.165, 1.54) is 5.56 Å². The van der Waals surface area contributed by atoms with Gasteiger partial charge in [-0.25, -0.2) is 4.98 Å². The summed E-state index contributed by atoms with van der Waals surface area (Å²) in [5, 5.41) is 8.76. The van der Waals surface area contributed by atoms with E-state index in [1.807, 2.05) is 25.1 Å². The largest absolute Gasteiger partial charge is 0.242 e. The second-order valence-corrected chi connectivity index (χ2v) is 3.81. The van der Waals surface area contributed by atoms with Crippen molar-refractivity contribution in [2.75, 3.05) is 0 Å². The van der Waals surface area contributed by atoms with Crippen molar-refractivity contribution >= 4 is 0 Å². The Kier molecular flexibility index (Phi) is 2.70. The summed E-state index contributed by atoms with van der Waals surface area (Å²) in [4.78, 5) is 4.24. The molecule has 0 radical (unpaired) electrons. The molecule has 78 valence electrons. The maximum atomic E-state index is 8.76. The van der Waals surface area contributed by atoms with E-state index in [0.29, 0.717) is 5.69 Å². The number of aryl methyl sites for hydroxylation is 2. The first-order chi connectivity index (χ1) is 7.70. The number of nitrogens with zero attached hydrogens (tertiary/aromatic N) is 2. The van der Waals surface area contributed by atoms with Gasteiger partial charge in [-0.1, -0.05) is 29.8 Å². The van der Waals surface area contributed by atoms with Crippen LogP contribution in [0.1, 0.15) is 17.0 Å². The molecule has 1 heterocycles. The molecule has 0 atom stereocenters. The molecule has 0 unspecified atom stereocenters. The standard InChI is InChI=1S/C14H12N2/c1-10-4-3-5-12(8-10)14-7-6-13(9-15)16-11(14)2/h3-8H,1-2H3. The number of rotatable bonds is 1.